The van der Waals surface area contributed by atoms with Crippen LogP contribution in [0.5, 0.6) is 11.5 Å². The monoisotopic (exact) mass is 371 g/mol. The zero-order chi connectivity index (χ0) is 18.8. The summed E-state index contributed by atoms with van der Waals surface area (Å²) in [6, 6.07) is 14.5. The van der Waals surface area contributed by atoms with Crippen LogP contribution in [0.4, 0.5) is 0 Å². The Labute approximate surface area is 169 Å². The van der Waals surface area contributed by atoms with Gasteiger partial charge in [-0.1, -0.05) is 47.9 Å². The first kappa shape index (κ1) is 20.7. The molecule has 4 aromatic rings. The Kier molecular flexibility index (Phi) is 6.43. The van der Waals surface area contributed by atoms with Gasteiger partial charge in [0, 0.05) is 22.2 Å². The van der Waals surface area contributed by atoms with Crippen molar-refractivity contribution in [2.24, 2.45) is 0 Å². The van der Waals surface area contributed by atoms with Crippen molar-refractivity contribution in [3.05, 3.63) is 71.0 Å². The van der Waals surface area contributed by atoms with E-state index in [1.165, 1.54) is 0 Å². The summed E-state index contributed by atoms with van der Waals surface area (Å²) in [5, 5.41) is 24.8. The Hall–Kier alpha value is -2.61. The number of rotatable bonds is 0. The van der Waals surface area contributed by atoms with Gasteiger partial charge in [0.15, 0.2) is 0 Å². The van der Waals surface area contributed by atoms with Crippen molar-refractivity contribution in [1.29, 1.82) is 0 Å². The van der Waals surface area contributed by atoms with E-state index < -0.39 is 0 Å². The third-order valence-electron chi connectivity index (χ3n) is 4.27. The van der Waals surface area contributed by atoms with Gasteiger partial charge in [-0.3, -0.25) is 9.97 Å². The van der Waals surface area contributed by atoms with E-state index in [0.29, 0.717) is 11.0 Å². The van der Waals surface area contributed by atoms with E-state index in [4.69, 9.17) is 0 Å². The smallest absolute Gasteiger partial charge is 0.871 e. The summed E-state index contributed by atoms with van der Waals surface area (Å²) in [5.74, 6) is 0.00796. The number of aromatic nitrogens is 2. The number of nitrogens with zero attached hydrogens (tertiary/aromatic N) is 2. The Morgan fingerprint density at radius 3 is 1.37 bits per heavy atom. The van der Waals surface area contributed by atoms with Crippen molar-refractivity contribution in [3.8, 4) is 11.5 Å². The van der Waals surface area contributed by atoms with Crippen molar-refractivity contribution in [2.75, 3.05) is 0 Å². The first-order valence-corrected chi connectivity index (χ1v) is 8.45. The summed E-state index contributed by atoms with van der Waals surface area (Å²) in [4.78, 5) is 8.45. The fourth-order valence-corrected chi connectivity index (χ4v) is 3.11. The third-order valence-corrected chi connectivity index (χ3v) is 4.27. The maximum atomic E-state index is 11.4. The number of fused-ring (bicyclic) bond motifs is 2. The zero-order valence-electron chi connectivity index (χ0n) is 15.9. The van der Waals surface area contributed by atoms with E-state index in [1.807, 2.05) is 52.0 Å². The normalized spacial score (nSPS) is 10.2. The van der Waals surface area contributed by atoms with Crippen molar-refractivity contribution in [3.63, 3.8) is 0 Å². The molecule has 2 aromatic carbocycles. The summed E-state index contributed by atoms with van der Waals surface area (Å²) < 4.78 is 0. The summed E-state index contributed by atoms with van der Waals surface area (Å²) in [6.45, 7) is 7.80. The fraction of sp³-hybridized carbons (Fsp3) is 0.182. The quantitative estimate of drug-likeness (QED) is 0.444. The van der Waals surface area contributed by atoms with E-state index in [1.54, 1.807) is 24.3 Å². The summed E-state index contributed by atoms with van der Waals surface area (Å²) in [6.07, 6.45) is 0. The third kappa shape index (κ3) is 4.39. The summed E-state index contributed by atoms with van der Waals surface area (Å²) in [7, 11) is 0. The minimum Gasteiger partial charge on any atom is -0.871 e. The number of aryl methyl sites for hydroxylation is 4. The number of benzene rings is 2. The number of para-hydroxylation sites is 2. The molecule has 0 amide bonds. The second-order valence-corrected chi connectivity index (χ2v) is 6.47. The molecule has 0 spiro atoms. The van der Waals surface area contributed by atoms with Gasteiger partial charge in [-0.25, -0.2) is 0 Å². The topological polar surface area (TPSA) is 71.9 Å². The molecule has 0 unspecified atom stereocenters. The average molecular weight is 371 g/mol. The fourth-order valence-electron chi connectivity index (χ4n) is 3.11. The SMILES string of the molecule is Cc1cc(C)c2cccc([O-])c2n1.Cc1cc(C)c2cccc([O-])c2n1.[Al+2]. The molecule has 4 nitrogen and oxygen atoms in total. The van der Waals surface area contributed by atoms with Crippen molar-refractivity contribution in [1.82, 2.24) is 9.97 Å². The summed E-state index contributed by atoms with van der Waals surface area (Å²) >= 11 is 0. The molecule has 0 atom stereocenters. The van der Waals surface area contributed by atoms with Gasteiger partial charge >= 0.3 is 17.4 Å². The Morgan fingerprint density at radius 2 is 1.00 bits per heavy atom. The molecular formula is C22H20AlN2O2. The Bertz CT molecular complexity index is 1020. The molecule has 133 valence electrons. The molecule has 4 rings (SSSR count). The molecule has 0 bridgehead atoms. The first-order chi connectivity index (χ1) is 12.4. The van der Waals surface area contributed by atoms with Crippen LogP contribution in [-0.2, 0) is 0 Å². The molecule has 2 heterocycles. The molecule has 0 aliphatic heterocycles. The van der Waals surface area contributed by atoms with Crippen molar-refractivity contribution < 1.29 is 10.2 Å². The van der Waals surface area contributed by atoms with Crippen molar-refractivity contribution in [2.45, 2.75) is 27.7 Å². The molecule has 0 N–H and O–H groups in total. The molecule has 27 heavy (non-hydrogen) atoms. The van der Waals surface area contributed by atoms with E-state index in [-0.39, 0.29) is 28.9 Å². The van der Waals surface area contributed by atoms with Crippen LogP contribution in [0.25, 0.3) is 21.8 Å². The molecule has 0 aliphatic carbocycles. The zero-order valence-corrected chi connectivity index (χ0v) is 17.1. The Balaban J connectivity index is 0.000000187. The van der Waals surface area contributed by atoms with Crippen LogP contribution < -0.4 is 10.2 Å². The van der Waals surface area contributed by atoms with Crippen LogP contribution in [0.15, 0.2) is 48.5 Å². The minimum absolute atomic E-state index is 0. The Morgan fingerprint density at radius 1 is 0.630 bits per heavy atom. The molecule has 2 aromatic heterocycles. The predicted octanol–water partition coefficient (Wildman–Crippen LogP) is 3.47. The maximum absolute atomic E-state index is 11.4. The van der Waals surface area contributed by atoms with E-state index >= 15 is 0 Å². The second kappa shape index (κ2) is 8.39. The molecule has 0 saturated carbocycles. The molecular weight excluding hydrogens is 351 g/mol. The molecule has 0 aliphatic rings. The molecule has 0 fully saturated rings. The second-order valence-electron chi connectivity index (χ2n) is 6.47. The maximum Gasteiger partial charge on any atom is 2.00 e. The molecule has 1 radical (unpaired) electrons. The van der Waals surface area contributed by atoms with Gasteiger partial charge in [0.25, 0.3) is 0 Å². The molecule has 5 heteroatoms. The number of pyridine rings is 2. The van der Waals surface area contributed by atoms with E-state index in [9.17, 15) is 10.2 Å². The standard InChI is InChI=1S/2C11H11NO.Al/c2*1-7-6-8(2)12-11-9(7)4-3-5-10(11)13;/h2*3-6,13H,1-2H3;/q;;+2/p-2. The van der Waals surface area contributed by atoms with Gasteiger partial charge in [-0.15, -0.1) is 0 Å². The first-order valence-electron chi connectivity index (χ1n) is 8.45. The van der Waals surface area contributed by atoms with Gasteiger partial charge in [0.05, 0.1) is 11.0 Å². The van der Waals surface area contributed by atoms with Gasteiger partial charge in [-0.05, 0) is 51.0 Å². The number of hydrogen-bond donors (Lipinski definition) is 0. The molecule has 0 saturated heterocycles. The largest absolute Gasteiger partial charge is 2.00 e. The van der Waals surface area contributed by atoms with Gasteiger partial charge in [0.2, 0.25) is 0 Å². The van der Waals surface area contributed by atoms with Crippen LogP contribution >= 0.6 is 0 Å². The predicted molar refractivity (Wildman–Crippen MR) is 107 cm³/mol. The van der Waals surface area contributed by atoms with Gasteiger partial charge in [-0.2, -0.15) is 0 Å². The van der Waals surface area contributed by atoms with Crippen LogP contribution in [-0.4, -0.2) is 27.3 Å². The minimum atomic E-state index is 0. The summed E-state index contributed by atoms with van der Waals surface area (Å²) in [5.41, 5.74) is 5.18. The van der Waals surface area contributed by atoms with Gasteiger partial charge in [0.1, 0.15) is 0 Å². The van der Waals surface area contributed by atoms with Crippen molar-refractivity contribution >= 4 is 39.2 Å². The van der Waals surface area contributed by atoms with E-state index in [0.717, 1.165) is 33.3 Å². The van der Waals surface area contributed by atoms with Crippen LogP contribution in [0.2, 0.25) is 0 Å². The van der Waals surface area contributed by atoms with Crippen LogP contribution in [0.3, 0.4) is 0 Å². The van der Waals surface area contributed by atoms with E-state index in [2.05, 4.69) is 9.97 Å². The average Bonchev–Trinajstić information content (AvgIpc) is 2.57. The number of hydrogen-bond acceptors (Lipinski definition) is 4. The van der Waals surface area contributed by atoms with Crippen LogP contribution in [0.1, 0.15) is 22.5 Å². The van der Waals surface area contributed by atoms with Crippen LogP contribution in [0, 0.1) is 27.7 Å². The van der Waals surface area contributed by atoms with Gasteiger partial charge < -0.3 is 10.2 Å².